The predicted molar refractivity (Wildman–Crippen MR) is 117 cm³/mol. The van der Waals surface area contributed by atoms with Crippen molar-refractivity contribution in [2.24, 2.45) is 7.05 Å². The lowest BCUT2D eigenvalue weighted by Crippen LogP contribution is -2.32. The van der Waals surface area contributed by atoms with Crippen LogP contribution < -0.4 is 19.8 Å². The Kier molecular flexibility index (Phi) is 4.80. The van der Waals surface area contributed by atoms with Gasteiger partial charge in [0.15, 0.2) is 0 Å². The average molecular weight is 387 g/mol. The van der Waals surface area contributed by atoms with Crippen LogP contribution in [0.2, 0.25) is 0 Å². The van der Waals surface area contributed by atoms with Gasteiger partial charge in [0.2, 0.25) is 11.2 Å². The molecule has 4 rings (SSSR count). The lowest BCUT2D eigenvalue weighted by molar-refractivity contribution is -0.646. The van der Waals surface area contributed by atoms with E-state index in [1.165, 1.54) is 0 Å². The summed E-state index contributed by atoms with van der Waals surface area (Å²) in [5.74, 6) is 0.826. The molecule has 5 nitrogen and oxygen atoms in total. The maximum atomic E-state index is 12.5. The van der Waals surface area contributed by atoms with Gasteiger partial charge in [0.25, 0.3) is 0 Å². The van der Waals surface area contributed by atoms with Crippen LogP contribution in [0.25, 0.3) is 34.0 Å². The van der Waals surface area contributed by atoms with E-state index in [2.05, 4.69) is 4.57 Å². The number of nitrogens with zero attached hydrogens (tertiary/aromatic N) is 2. The Bertz CT molecular complexity index is 1300. The van der Waals surface area contributed by atoms with Crippen LogP contribution in [-0.2, 0) is 7.05 Å². The Morgan fingerprint density at radius 1 is 0.966 bits per heavy atom. The van der Waals surface area contributed by atoms with Gasteiger partial charge in [0.1, 0.15) is 18.4 Å². The summed E-state index contributed by atoms with van der Waals surface area (Å²) in [5, 5.41) is 1.98. The zero-order chi connectivity index (χ0) is 20.5. The van der Waals surface area contributed by atoms with Crippen molar-refractivity contribution >= 4 is 39.7 Å². The van der Waals surface area contributed by atoms with E-state index < -0.39 is 0 Å². The average Bonchev–Trinajstić information content (AvgIpc) is 2.72. The summed E-state index contributed by atoms with van der Waals surface area (Å²) < 4.78 is 12.9. The van der Waals surface area contributed by atoms with Gasteiger partial charge in [-0.3, -0.25) is 0 Å². The van der Waals surface area contributed by atoms with E-state index in [0.29, 0.717) is 11.1 Å². The zero-order valence-corrected chi connectivity index (χ0v) is 17.0. The third-order valence-electron chi connectivity index (χ3n) is 5.11. The van der Waals surface area contributed by atoms with Gasteiger partial charge in [0, 0.05) is 49.4 Å². The molecule has 0 aliphatic carbocycles. The molecule has 0 unspecified atom stereocenters. The quantitative estimate of drug-likeness (QED) is 0.392. The minimum atomic E-state index is -0.349. The number of fused-ring (bicyclic) bond motifs is 2. The largest absolute Gasteiger partial charge is 0.497 e. The van der Waals surface area contributed by atoms with Crippen LogP contribution in [-0.4, -0.2) is 21.2 Å². The van der Waals surface area contributed by atoms with Crippen LogP contribution in [0, 0.1) is 0 Å². The van der Waals surface area contributed by atoms with E-state index >= 15 is 0 Å². The number of anilines is 1. The second kappa shape index (κ2) is 7.43. The first-order valence-corrected chi connectivity index (χ1v) is 9.36. The van der Waals surface area contributed by atoms with Crippen molar-refractivity contribution in [3.8, 4) is 5.75 Å². The number of ether oxygens (including phenoxy) is 1. The summed E-state index contributed by atoms with van der Waals surface area (Å²) in [4.78, 5) is 14.4. The van der Waals surface area contributed by atoms with Crippen molar-refractivity contribution in [1.29, 1.82) is 0 Å². The van der Waals surface area contributed by atoms with Gasteiger partial charge in [-0.1, -0.05) is 0 Å². The van der Waals surface area contributed by atoms with Crippen molar-refractivity contribution in [1.82, 2.24) is 0 Å². The van der Waals surface area contributed by atoms with E-state index in [1.54, 1.807) is 13.2 Å². The highest BCUT2D eigenvalue weighted by molar-refractivity contribution is 5.84. The summed E-state index contributed by atoms with van der Waals surface area (Å²) in [5.41, 5.74) is 3.80. The molecule has 0 aliphatic heterocycles. The first-order chi connectivity index (χ1) is 14.0. The van der Waals surface area contributed by atoms with Gasteiger partial charge in [-0.25, -0.2) is 4.79 Å². The number of benzene rings is 2. The zero-order valence-electron chi connectivity index (χ0n) is 17.0. The second-order valence-corrected chi connectivity index (χ2v) is 7.18. The van der Waals surface area contributed by atoms with Gasteiger partial charge in [0.05, 0.1) is 18.1 Å². The fourth-order valence-corrected chi connectivity index (χ4v) is 3.38. The summed E-state index contributed by atoms with van der Waals surface area (Å²) in [6.07, 6.45) is 3.73. The smallest absolute Gasteiger partial charge is 0.343 e. The Morgan fingerprint density at radius 3 is 2.52 bits per heavy atom. The molecule has 2 heterocycles. The van der Waals surface area contributed by atoms with Crippen molar-refractivity contribution in [2.75, 3.05) is 26.1 Å². The predicted octanol–water partition coefficient (Wildman–Crippen LogP) is 4.02. The number of aromatic nitrogens is 1. The number of rotatable bonds is 4. The van der Waals surface area contributed by atoms with Crippen LogP contribution in [0.4, 0.5) is 5.69 Å². The van der Waals surface area contributed by atoms with Crippen LogP contribution in [0.15, 0.2) is 63.8 Å². The molecule has 0 radical (unpaired) electrons. The minimum absolute atomic E-state index is 0.349. The SMILES string of the molecule is COc1ccc2c(ccc(C=Cc3cc4ccc(N(C)C)cc4oc3=O)[n+]2C)c1. The van der Waals surface area contributed by atoms with Crippen LogP contribution in [0.5, 0.6) is 5.75 Å². The van der Waals surface area contributed by atoms with E-state index in [-0.39, 0.29) is 5.63 Å². The topological polar surface area (TPSA) is 46.6 Å². The summed E-state index contributed by atoms with van der Waals surface area (Å²) in [6, 6.07) is 17.7. The van der Waals surface area contributed by atoms with E-state index in [4.69, 9.17) is 9.15 Å². The molecule has 2 aromatic heterocycles. The third kappa shape index (κ3) is 3.59. The lowest BCUT2D eigenvalue weighted by atomic mass is 10.1. The molecule has 29 heavy (non-hydrogen) atoms. The standard InChI is InChI=1S/C24H23N2O3/c1-25(2)20-10-6-17-13-18(24(27)29-23(17)15-20)7-9-19-8-5-16-14-21(28-4)11-12-22(16)26(19)3/h5-15H,1-4H3/q+1. The summed E-state index contributed by atoms with van der Waals surface area (Å²) >= 11 is 0. The summed E-state index contributed by atoms with van der Waals surface area (Å²) in [6.45, 7) is 0. The maximum Gasteiger partial charge on any atom is 0.343 e. The normalized spacial score (nSPS) is 11.4. The highest BCUT2D eigenvalue weighted by Crippen LogP contribution is 2.22. The number of hydrogen-bond donors (Lipinski definition) is 0. The molecule has 0 saturated carbocycles. The molecular formula is C24H23N2O3+. The van der Waals surface area contributed by atoms with Gasteiger partial charge in [-0.05, 0) is 42.5 Å². The van der Waals surface area contributed by atoms with Crippen LogP contribution >= 0.6 is 0 Å². The molecule has 0 amide bonds. The molecule has 0 atom stereocenters. The van der Waals surface area contributed by atoms with Crippen molar-refractivity contribution in [2.45, 2.75) is 0 Å². The van der Waals surface area contributed by atoms with Crippen molar-refractivity contribution in [3.05, 3.63) is 76.3 Å². The first kappa shape index (κ1) is 18.7. The molecule has 0 spiro atoms. The molecular weight excluding hydrogens is 364 g/mol. The number of hydrogen-bond acceptors (Lipinski definition) is 4. The van der Waals surface area contributed by atoms with Crippen molar-refractivity contribution < 1.29 is 13.7 Å². The molecule has 4 aromatic rings. The van der Waals surface area contributed by atoms with Crippen LogP contribution in [0.1, 0.15) is 11.3 Å². The highest BCUT2D eigenvalue weighted by atomic mass is 16.5. The number of pyridine rings is 1. The molecule has 0 aliphatic rings. The molecule has 2 aromatic carbocycles. The Balaban J connectivity index is 1.72. The highest BCUT2D eigenvalue weighted by Gasteiger charge is 2.11. The maximum absolute atomic E-state index is 12.5. The fraction of sp³-hybridized carbons (Fsp3) is 0.167. The Hall–Kier alpha value is -3.60. The molecule has 0 saturated heterocycles. The van der Waals surface area contributed by atoms with Crippen molar-refractivity contribution in [3.63, 3.8) is 0 Å². The monoisotopic (exact) mass is 387 g/mol. The minimum Gasteiger partial charge on any atom is -0.497 e. The molecule has 5 heteroatoms. The second-order valence-electron chi connectivity index (χ2n) is 7.18. The summed E-state index contributed by atoms with van der Waals surface area (Å²) in [7, 11) is 7.57. The fourth-order valence-electron chi connectivity index (χ4n) is 3.38. The molecule has 146 valence electrons. The van der Waals surface area contributed by atoms with Gasteiger partial charge in [-0.15, -0.1) is 0 Å². The Morgan fingerprint density at radius 2 is 1.76 bits per heavy atom. The van der Waals surface area contributed by atoms with Gasteiger partial charge < -0.3 is 14.1 Å². The van der Waals surface area contributed by atoms with E-state index in [1.807, 2.05) is 86.7 Å². The van der Waals surface area contributed by atoms with Crippen LogP contribution in [0.3, 0.4) is 0 Å². The molecule has 0 bridgehead atoms. The molecule has 0 N–H and O–H groups in total. The molecule has 0 fully saturated rings. The van der Waals surface area contributed by atoms with E-state index in [9.17, 15) is 4.79 Å². The Labute approximate surface area is 169 Å². The number of aryl methyl sites for hydroxylation is 1. The number of methoxy groups -OCH3 is 1. The first-order valence-electron chi connectivity index (χ1n) is 9.36. The third-order valence-corrected chi connectivity index (χ3v) is 5.11. The van der Waals surface area contributed by atoms with Gasteiger partial charge >= 0.3 is 5.63 Å². The lowest BCUT2D eigenvalue weighted by Gasteiger charge is -2.12. The van der Waals surface area contributed by atoms with Gasteiger partial charge in [-0.2, -0.15) is 4.57 Å². The van der Waals surface area contributed by atoms with E-state index in [0.717, 1.165) is 33.4 Å².